The minimum atomic E-state index is -0.884. The number of aromatic hydroxyl groups is 1. The zero-order chi connectivity index (χ0) is 20.3. The lowest BCUT2D eigenvalue weighted by Crippen LogP contribution is -2.48. The minimum Gasteiger partial charge on any atom is -0.503 e. The Labute approximate surface area is 164 Å². The van der Waals surface area contributed by atoms with Crippen molar-refractivity contribution in [2.75, 3.05) is 13.2 Å². The first kappa shape index (κ1) is 17.9. The molecule has 9 heteroatoms. The van der Waals surface area contributed by atoms with Crippen molar-refractivity contribution in [1.29, 1.82) is 0 Å². The zero-order valence-corrected chi connectivity index (χ0v) is 15.4. The monoisotopic (exact) mass is 399 g/mol. The molecule has 1 fully saturated rings. The molecule has 2 N–H and O–H groups in total. The fraction of sp³-hybridized carbons (Fsp3) is 0.350. The summed E-state index contributed by atoms with van der Waals surface area (Å²) < 4.78 is 21.1. The normalized spacial score (nSPS) is 21.8. The molecule has 8 nitrogen and oxygen atoms in total. The third-order valence-electron chi connectivity index (χ3n) is 5.84. The van der Waals surface area contributed by atoms with Crippen LogP contribution in [0.5, 0.6) is 5.75 Å². The van der Waals surface area contributed by atoms with E-state index < -0.39 is 35.0 Å². The number of carbonyl (C=O) groups excluding carboxylic acids is 2. The van der Waals surface area contributed by atoms with Crippen LogP contribution in [0.3, 0.4) is 0 Å². The van der Waals surface area contributed by atoms with Gasteiger partial charge >= 0.3 is 0 Å². The Balaban J connectivity index is 1.55. The van der Waals surface area contributed by atoms with Crippen LogP contribution in [0.2, 0.25) is 0 Å². The van der Waals surface area contributed by atoms with Gasteiger partial charge in [0, 0.05) is 24.3 Å². The number of nitrogens with zero attached hydrogens (tertiary/aromatic N) is 2. The molecule has 3 aliphatic heterocycles. The van der Waals surface area contributed by atoms with Gasteiger partial charge in [0.2, 0.25) is 5.43 Å². The summed E-state index contributed by atoms with van der Waals surface area (Å²) in [5, 5.41) is 13.1. The summed E-state index contributed by atoms with van der Waals surface area (Å²) in [5.74, 6) is -2.37. The van der Waals surface area contributed by atoms with Crippen LogP contribution < -0.4 is 10.7 Å². The second-order valence-corrected chi connectivity index (χ2v) is 7.36. The number of benzene rings is 1. The van der Waals surface area contributed by atoms with Crippen molar-refractivity contribution in [3.05, 3.63) is 62.8 Å². The fourth-order valence-corrected chi connectivity index (χ4v) is 4.53. The first-order valence-corrected chi connectivity index (χ1v) is 9.43. The summed E-state index contributed by atoms with van der Waals surface area (Å²) in [4.78, 5) is 39.9. The Hall–Kier alpha value is -3.20. The molecule has 2 atom stereocenters. The van der Waals surface area contributed by atoms with Crippen molar-refractivity contribution in [1.82, 2.24) is 14.8 Å². The highest BCUT2D eigenvalue weighted by molar-refractivity contribution is 6.00. The zero-order valence-electron chi connectivity index (χ0n) is 15.4. The van der Waals surface area contributed by atoms with Gasteiger partial charge in [0.05, 0.1) is 12.6 Å². The molecule has 1 aromatic heterocycles. The maximum absolute atomic E-state index is 13.8. The molecule has 0 spiro atoms. The molecule has 1 saturated heterocycles. The Bertz CT molecular complexity index is 1110. The summed E-state index contributed by atoms with van der Waals surface area (Å²) in [6, 6.07) is 5.75. The van der Waals surface area contributed by atoms with Gasteiger partial charge in [-0.1, -0.05) is 18.2 Å². The predicted molar refractivity (Wildman–Crippen MR) is 98.1 cm³/mol. The Morgan fingerprint density at radius 3 is 2.90 bits per heavy atom. The molecule has 2 unspecified atom stereocenters. The van der Waals surface area contributed by atoms with Crippen molar-refractivity contribution in [3.63, 3.8) is 0 Å². The highest BCUT2D eigenvalue weighted by Crippen LogP contribution is 2.41. The maximum atomic E-state index is 13.8. The smallest absolute Gasteiger partial charge is 0.276 e. The summed E-state index contributed by atoms with van der Waals surface area (Å²) in [6.45, 7) is 0.681. The summed E-state index contributed by atoms with van der Waals surface area (Å²) in [7, 11) is 0. The standard InChI is InChI=1S/C20H18FN3O5/c21-11-4-2-1-3-10(11)9-22-18(27)14-12-5-6-13-20-23(7-8-29-20)19(28)15(24(12)13)17(26)16(14)25/h1-4,13,20,26H,5-9H2,(H,22,27). The SMILES string of the molecule is O=C(NCc1ccccc1F)c1c2n3c(c(O)c1=O)C(=O)N1CCOC1C3CC2. The van der Waals surface area contributed by atoms with Crippen LogP contribution in [-0.2, 0) is 17.7 Å². The van der Waals surface area contributed by atoms with Crippen LogP contribution in [0, 0.1) is 5.82 Å². The molecule has 4 heterocycles. The molecule has 0 aliphatic carbocycles. The average Bonchev–Trinajstić information content (AvgIpc) is 3.35. The topological polar surface area (TPSA) is 101 Å². The molecule has 150 valence electrons. The molecule has 2 amide bonds. The van der Waals surface area contributed by atoms with E-state index in [4.69, 9.17) is 4.74 Å². The molecule has 3 aliphatic rings. The van der Waals surface area contributed by atoms with Crippen molar-refractivity contribution >= 4 is 11.8 Å². The predicted octanol–water partition coefficient (Wildman–Crippen LogP) is 0.922. The largest absolute Gasteiger partial charge is 0.503 e. The molecule has 1 aromatic carbocycles. The molecule has 0 bridgehead atoms. The number of ether oxygens (including phenoxy) is 1. The van der Waals surface area contributed by atoms with E-state index in [1.807, 2.05) is 0 Å². The molecular weight excluding hydrogens is 381 g/mol. The molecule has 29 heavy (non-hydrogen) atoms. The average molecular weight is 399 g/mol. The van der Waals surface area contributed by atoms with Gasteiger partial charge in [-0.2, -0.15) is 0 Å². The molecule has 5 rings (SSSR count). The third kappa shape index (κ3) is 2.50. The molecule has 0 radical (unpaired) electrons. The van der Waals surface area contributed by atoms with Gasteiger partial charge < -0.3 is 24.6 Å². The summed E-state index contributed by atoms with van der Waals surface area (Å²) >= 11 is 0. The van der Waals surface area contributed by atoms with Gasteiger partial charge in [0.25, 0.3) is 11.8 Å². The van der Waals surface area contributed by atoms with Gasteiger partial charge in [-0.15, -0.1) is 0 Å². The van der Waals surface area contributed by atoms with Crippen LogP contribution >= 0.6 is 0 Å². The fourth-order valence-electron chi connectivity index (χ4n) is 4.53. The number of aromatic nitrogens is 1. The number of amides is 2. The van der Waals surface area contributed by atoms with Crippen molar-refractivity contribution < 1.29 is 23.8 Å². The van der Waals surface area contributed by atoms with Crippen LogP contribution in [0.15, 0.2) is 29.1 Å². The van der Waals surface area contributed by atoms with E-state index in [1.165, 1.54) is 17.0 Å². The first-order chi connectivity index (χ1) is 14.0. The Morgan fingerprint density at radius 2 is 2.10 bits per heavy atom. The Morgan fingerprint density at radius 1 is 1.31 bits per heavy atom. The second kappa shape index (κ2) is 6.41. The van der Waals surface area contributed by atoms with E-state index in [9.17, 15) is 23.9 Å². The van der Waals surface area contributed by atoms with E-state index in [0.717, 1.165) is 0 Å². The highest BCUT2D eigenvalue weighted by Gasteiger charge is 2.49. The second-order valence-electron chi connectivity index (χ2n) is 7.36. The number of rotatable bonds is 3. The van der Waals surface area contributed by atoms with Crippen LogP contribution in [-0.4, -0.2) is 45.8 Å². The third-order valence-corrected chi connectivity index (χ3v) is 5.84. The van der Waals surface area contributed by atoms with E-state index in [0.29, 0.717) is 31.7 Å². The Kier molecular flexibility index (Phi) is 3.95. The molecular formula is C20H18FN3O5. The van der Waals surface area contributed by atoms with Gasteiger partial charge in [0.15, 0.2) is 17.7 Å². The van der Waals surface area contributed by atoms with Crippen molar-refractivity contribution in [3.8, 4) is 5.75 Å². The van der Waals surface area contributed by atoms with E-state index >= 15 is 0 Å². The van der Waals surface area contributed by atoms with E-state index in [2.05, 4.69) is 5.32 Å². The van der Waals surface area contributed by atoms with Gasteiger partial charge in [0.1, 0.15) is 11.4 Å². The number of carbonyl (C=O) groups is 2. The highest BCUT2D eigenvalue weighted by atomic mass is 19.1. The molecule has 2 aromatic rings. The quantitative estimate of drug-likeness (QED) is 0.800. The van der Waals surface area contributed by atoms with E-state index in [1.54, 1.807) is 16.7 Å². The van der Waals surface area contributed by atoms with Crippen LogP contribution in [0.4, 0.5) is 4.39 Å². The molecule has 0 saturated carbocycles. The number of fused-ring (bicyclic) bond motifs is 2. The minimum absolute atomic E-state index is 0.0834. The van der Waals surface area contributed by atoms with Crippen LogP contribution in [0.1, 0.15) is 44.6 Å². The van der Waals surface area contributed by atoms with Gasteiger partial charge in [-0.3, -0.25) is 14.4 Å². The maximum Gasteiger partial charge on any atom is 0.276 e. The van der Waals surface area contributed by atoms with E-state index in [-0.39, 0.29) is 29.4 Å². The lowest BCUT2D eigenvalue weighted by molar-refractivity contribution is -0.0124. The lowest BCUT2D eigenvalue weighted by Gasteiger charge is -2.36. The number of hydrogen-bond donors (Lipinski definition) is 2. The van der Waals surface area contributed by atoms with Gasteiger partial charge in [-0.05, 0) is 18.9 Å². The number of pyridine rings is 1. The van der Waals surface area contributed by atoms with Gasteiger partial charge in [-0.25, -0.2) is 4.39 Å². The number of nitrogens with one attached hydrogen (secondary N) is 1. The summed E-state index contributed by atoms with van der Waals surface area (Å²) in [5.41, 5.74) is -0.487. The summed E-state index contributed by atoms with van der Waals surface area (Å²) in [6.07, 6.45) is 0.515. The number of hydrogen-bond acceptors (Lipinski definition) is 5. The van der Waals surface area contributed by atoms with Crippen molar-refractivity contribution in [2.45, 2.75) is 31.7 Å². The number of halogens is 1. The lowest BCUT2D eigenvalue weighted by atomic mass is 10.1. The van der Waals surface area contributed by atoms with Crippen LogP contribution in [0.25, 0.3) is 0 Å². The first-order valence-electron chi connectivity index (χ1n) is 9.43. The van der Waals surface area contributed by atoms with Crippen molar-refractivity contribution in [2.24, 2.45) is 0 Å².